The zero-order chi connectivity index (χ0) is 19.0. The average Bonchev–Trinajstić information content (AvgIpc) is 3.28. The number of rotatable bonds is 4. The standard InChI is InChI=1S/C18H16F2N6O/c1-11-12(19)9-22-17(23-11)14-8-15(13-4-7-27-25-13)26(24-14)10-16-18(2,20)5-3-6-21-16/h3-4,6-9H,5,10H2,1-2H3. The molecule has 0 aromatic carbocycles. The molecule has 1 aliphatic heterocycles. The Morgan fingerprint density at radius 2 is 2.19 bits per heavy atom. The number of hydrogen-bond donors (Lipinski definition) is 0. The van der Waals surface area contributed by atoms with Crippen molar-refractivity contribution in [3.63, 3.8) is 0 Å². The molecular weight excluding hydrogens is 354 g/mol. The largest absolute Gasteiger partial charge is 0.364 e. The van der Waals surface area contributed by atoms with Gasteiger partial charge in [0.2, 0.25) is 0 Å². The third-order valence-electron chi connectivity index (χ3n) is 4.37. The monoisotopic (exact) mass is 370 g/mol. The predicted octanol–water partition coefficient (Wildman–Crippen LogP) is 3.53. The van der Waals surface area contributed by atoms with Gasteiger partial charge in [0.05, 0.1) is 29.8 Å². The summed E-state index contributed by atoms with van der Waals surface area (Å²) in [4.78, 5) is 12.3. The van der Waals surface area contributed by atoms with E-state index in [1.54, 1.807) is 36.0 Å². The molecule has 0 saturated carbocycles. The maximum Gasteiger partial charge on any atom is 0.180 e. The number of aliphatic imine (C=N–C) groups is 1. The van der Waals surface area contributed by atoms with Crippen molar-refractivity contribution in [1.29, 1.82) is 0 Å². The van der Waals surface area contributed by atoms with Gasteiger partial charge in [0.15, 0.2) is 17.3 Å². The molecule has 7 nitrogen and oxygen atoms in total. The number of aromatic nitrogens is 5. The maximum atomic E-state index is 14.8. The summed E-state index contributed by atoms with van der Waals surface area (Å²) in [7, 11) is 0. The van der Waals surface area contributed by atoms with Gasteiger partial charge in [-0.3, -0.25) is 9.67 Å². The van der Waals surface area contributed by atoms with E-state index >= 15 is 0 Å². The van der Waals surface area contributed by atoms with Crippen molar-refractivity contribution in [2.75, 3.05) is 0 Å². The van der Waals surface area contributed by atoms with Crippen LogP contribution in [0.2, 0.25) is 0 Å². The van der Waals surface area contributed by atoms with Crippen LogP contribution in [-0.4, -0.2) is 36.3 Å². The first kappa shape index (κ1) is 17.2. The van der Waals surface area contributed by atoms with Gasteiger partial charge in [-0.1, -0.05) is 11.2 Å². The van der Waals surface area contributed by atoms with Gasteiger partial charge in [0.1, 0.15) is 17.7 Å². The van der Waals surface area contributed by atoms with E-state index in [1.807, 2.05) is 0 Å². The van der Waals surface area contributed by atoms with Crippen molar-refractivity contribution in [2.24, 2.45) is 4.99 Å². The van der Waals surface area contributed by atoms with Gasteiger partial charge in [0, 0.05) is 18.7 Å². The molecule has 0 amide bonds. The fraction of sp³-hybridized carbons (Fsp3) is 0.278. The summed E-state index contributed by atoms with van der Waals surface area (Å²) >= 11 is 0. The lowest BCUT2D eigenvalue weighted by molar-refractivity contribution is 0.279. The highest BCUT2D eigenvalue weighted by atomic mass is 19.1. The van der Waals surface area contributed by atoms with Gasteiger partial charge in [0.25, 0.3) is 0 Å². The topological polar surface area (TPSA) is 82.0 Å². The van der Waals surface area contributed by atoms with E-state index in [2.05, 4.69) is 25.2 Å². The lowest BCUT2D eigenvalue weighted by Crippen LogP contribution is -2.34. The molecular formula is C18H16F2N6O. The van der Waals surface area contributed by atoms with E-state index in [0.717, 1.165) is 6.20 Å². The second-order valence-corrected chi connectivity index (χ2v) is 6.45. The number of alkyl halides is 1. The fourth-order valence-corrected chi connectivity index (χ4v) is 2.79. The number of allylic oxidation sites excluding steroid dienone is 1. The molecule has 3 aromatic heterocycles. The van der Waals surface area contributed by atoms with Crippen LogP contribution in [-0.2, 0) is 6.54 Å². The van der Waals surface area contributed by atoms with E-state index in [1.165, 1.54) is 13.2 Å². The fourth-order valence-electron chi connectivity index (χ4n) is 2.79. The lowest BCUT2D eigenvalue weighted by atomic mass is 9.96. The summed E-state index contributed by atoms with van der Waals surface area (Å²) in [5.74, 6) is -0.225. The number of hydrogen-bond acceptors (Lipinski definition) is 6. The van der Waals surface area contributed by atoms with Crippen LogP contribution in [0.25, 0.3) is 22.9 Å². The van der Waals surface area contributed by atoms with E-state index < -0.39 is 11.5 Å². The Bertz CT molecular complexity index is 1040. The van der Waals surface area contributed by atoms with Crippen LogP contribution in [0.4, 0.5) is 8.78 Å². The van der Waals surface area contributed by atoms with Crippen LogP contribution in [0.5, 0.6) is 0 Å². The summed E-state index contributed by atoms with van der Waals surface area (Å²) in [6, 6.07) is 3.38. The minimum absolute atomic E-state index is 0.125. The van der Waals surface area contributed by atoms with Gasteiger partial charge >= 0.3 is 0 Å². The molecule has 0 N–H and O–H groups in total. The average molecular weight is 370 g/mol. The Balaban J connectivity index is 1.78. The molecule has 0 radical (unpaired) electrons. The molecule has 4 heterocycles. The number of nitrogens with zero attached hydrogens (tertiary/aromatic N) is 6. The minimum Gasteiger partial charge on any atom is -0.364 e. The summed E-state index contributed by atoms with van der Waals surface area (Å²) in [5, 5.41) is 8.41. The van der Waals surface area contributed by atoms with Crippen molar-refractivity contribution >= 4 is 5.71 Å². The van der Waals surface area contributed by atoms with Crippen LogP contribution in [0.1, 0.15) is 19.0 Å². The van der Waals surface area contributed by atoms with E-state index in [4.69, 9.17) is 4.52 Å². The van der Waals surface area contributed by atoms with Gasteiger partial charge < -0.3 is 4.52 Å². The molecule has 1 unspecified atom stereocenters. The van der Waals surface area contributed by atoms with Crippen LogP contribution >= 0.6 is 0 Å². The van der Waals surface area contributed by atoms with Crippen LogP contribution in [0.15, 0.2) is 46.4 Å². The number of halogens is 2. The normalized spacial score (nSPS) is 19.3. The Labute approximate surface area is 153 Å². The van der Waals surface area contributed by atoms with Crippen LogP contribution < -0.4 is 0 Å². The molecule has 0 fully saturated rings. The van der Waals surface area contributed by atoms with Crippen molar-refractivity contribution < 1.29 is 13.3 Å². The Morgan fingerprint density at radius 3 is 2.89 bits per heavy atom. The molecule has 0 bridgehead atoms. The Kier molecular flexibility index (Phi) is 4.14. The molecule has 0 aliphatic carbocycles. The van der Waals surface area contributed by atoms with E-state index in [0.29, 0.717) is 22.8 Å². The first-order valence-electron chi connectivity index (χ1n) is 8.33. The van der Waals surface area contributed by atoms with Crippen LogP contribution in [0, 0.1) is 12.7 Å². The SMILES string of the molecule is Cc1nc(-c2cc(-c3ccon3)n(CC3=NC=CCC3(C)F)n2)ncc1F. The highest BCUT2D eigenvalue weighted by molar-refractivity contribution is 5.93. The molecule has 1 aliphatic rings. The molecule has 0 saturated heterocycles. The second-order valence-electron chi connectivity index (χ2n) is 6.45. The summed E-state index contributed by atoms with van der Waals surface area (Å²) < 4.78 is 34.8. The Hall–Kier alpha value is -3.23. The summed E-state index contributed by atoms with van der Waals surface area (Å²) in [6.45, 7) is 3.16. The quantitative estimate of drug-likeness (QED) is 0.702. The van der Waals surface area contributed by atoms with Crippen molar-refractivity contribution in [1.82, 2.24) is 24.9 Å². The number of aryl methyl sites for hydroxylation is 1. The molecule has 1 atom stereocenters. The third-order valence-corrected chi connectivity index (χ3v) is 4.37. The van der Waals surface area contributed by atoms with Crippen molar-refractivity contribution in [3.8, 4) is 22.9 Å². The second kappa shape index (κ2) is 6.49. The first-order chi connectivity index (χ1) is 12.9. The highest BCUT2D eigenvalue weighted by Crippen LogP contribution is 2.27. The van der Waals surface area contributed by atoms with E-state index in [-0.39, 0.29) is 24.5 Å². The smallest absolute Gasteiger partial charge is 0.180 e. The third kappa shape index (κ3) is 3.27. The summed E-state index contributed by atoms with van der Waals surface area (Å²) in [6.07, 6.45) is 6.06. The zero-order valence-corrected chi connectivity index (χ0v) is 14.7. The molecule has 0 spiro atoms. The first-order valence-corrected chi connectivity index (χ1v) is 8.33. The van der Waals surface area contributed by atoms with Crippen molar-refractivity contribution in [2.45, 2.75) is 32.5 Å². The zero-order valence-electron chi connectivity index (χ0n) is 14.7. The predicted molar refractivity (Wildman–Crippen MR) is 94.2 cm³/mol. The van der Waals surface area contributed by atoms with Gasteiger partial charge in [-0.2, -0.15) is 5.10 Å². The van der Waals surface area contributed by atoms with Crippen molar-refractivity contribution in [3.05, 3.63) is 48.4 Å². The molecule has 9 heteroatoms. The molecule has 27 heavy (non-hydrogen) atoms. The highest BCUT2D eigenvalue weighted by Gasteiger charge is 2.32. The van der Waals surface area contributed by atoms with Gasteiger partial charge in [-0.05, 0) is 19.9 Å². The molecule has 3 aromatic rings. The van der Waals surface area contributed by atoms with Gasteiger partial charge in [-0.15, -0.1) is 0 Å². The van der Waals surface area contributed by atoms with Crippen LogP contribution in [0.3, 0.4) is 0 Å². The summed E-state index contributed by atoms with van der Waals surface area (Å²) in [5.41, 5.74) is 0.544. The lowest BCUT2D eigenvalue weighted by Gasteiger charge is -2.23. The minimum atomic E-state index is -1.56. The van der Waals surface area contributed by atoms with E-state index in [9.17, 15) is 8.78 Å². The molecule has 138 valence electrons. The maximum absolute atomic E-state index is 14.8. The molecule has 4 rings (SSSR count). The Morgan fingerprint density at radius 1 is 1.33 bits per heavy atom. The van der Waals surface area contributed by atoms with Gasteiger partial charge in [-0.25, -0.2) is 18.7 Å².